The second kappa shape index (κ2) is 4.10. The predicted molar refractivity (Wildman–Crippen MR) is 48.6 cm³/mol. The van der Waals surface area contributed by atoms with Crippen molar-refractivity contribution >= 4 is 11.6 Å². The van der Waals surface area contributed by atoms with Crippen molar-refractivity contribution in [2.75, 3.05) is 0 Å². The molecule has 62 valence electrons. The first-order valence-corrected chi connectivity index (χ1v) is 4.00. The van der Waals surface area contributed by atoms with Gasteiger partial charge >= 0.3 is 0 Å². The Balaban J connectivity index is 2.88. The summed E-state index contributed by atoms with van der Waals surface area (Å²) in [7, 11) is 0. The van der Waals surface area contributed by atoms with Crippen molar-refractivity contribution < 1.29 is 0 Å². The normalized spacial score (nSPS) is 12.1. The Hall–Kier alpha value is -1.04. The van der Waals surface area contributed by atoms with E-state index in [9.17, 15) is 0 Å². The smallest absolute Gasteiger partial charge is 0.0641 e. The minimum absolute atomic E-state index is 0.274. The highest BCUT2D eigenvalue weighted by Crippen LogP contribution is 2.22. The van der Waals surface area contributed by atoms with Crippen molar-refractivity contribution in [1.29, 1.82) is 5.26 Å². The molecule has 1 rings (SSSR count). The zero-order chi connectivity index (χ0) is 8.97. The van der Waals surface area contributed by atoms with Crippen LogP contribution in [0.4, 0.5) is 0 Å². The van der Waals surface area contributed by atoms with Crippen molar-refractivity contribution in [3.63, 3.8) is 0 Å². The van der Waals surface area contributed by atoms with E-state index in [1.54, 1.807) is 6.07 Å². The molecule has 0 fully saturated rings. The summed E-state index contributed by atoms with van der Waals surface area (Å²) in [4.78, 5) is 0. The summed E-state index contributed by atoms with van der Waals surface area (Å²) in [5, 5.41) is 9.04. The Kier molecular flexibility index (Phi) is 3.09. The molecule has 0 aliphatic rings. The molecule has 0 bridgehead atoms. The molecule has 1 aromatic carbocycles. The average Bonchev–Trinajstić information content (AvgIpc) is 2.05. The number of nitrogens with zero attached hydrogens (tertiary/aromatic N) is 1. The molecular formula is C9H9ClN2. The van der Waals surface area contributed by atoms with Gasteiger partial charge in [0.15, 0.2) is 0 Å². The molecule has 0 aliphatic carbocycles. The summed E-state index contributed by atoms with van der Waals surface area (Å²) >= 11 is 5.87. The maximum absolute atomic E-state index is 8.42. The van der Waals surface area contributed by atoms with Gasteiger partial charge in [0, 0.05) is 11.1 Å². The van der Waals surface area contributed by atoms with Crippen LogP contribution < -0.4 is 5.73 Å². The van der Waals surface area contributed by atoms with E-state index >= 15 is 0 Å². The van der Waals surface area contributed by atoms with Crippen LogP contribution in [0.2, 0.25) is 5.02 Å². The van der Waals surface area contributed by atoms with E-state index in [1.165, 1.54) is 0 Å². The highest BCUT2D eigenvalue weighted by molar-refractivity contribution is 6.31. The van der Waals surface area contributed by atoms with E-state index in [2.05, 4.69) is 0 Å². The van der Waals surface area contributed by atoms with E-state index in [-0.39, 0.29) is 6.04 Å². The summed E-state index contributed by atoms with van der Waals surface area (Å²) in [5.74, 6) is 0. The van der Waals surface area contributed by atoms with Gasteiger partial charge in [-0.15, -0.1) is 0 Å². The Morgan fingerprint density at radius 2 is 2.17 bits per heavy atom. The molecule has 2 N–H and O–H groups in total. The molecule has 0 aliphatic heterocycles. The Morgan fingerprint density at radius 3 is 2.75 bits per heavy atom. The van der Waals surface area contributed by atoms with Crippen molar-refractivity contribution in [2.24, 2.45) is 5.73 Å². The molecule has 0 amide bonds. The van der Waals surface area contributed by atoms with E-state index in [0.29, 0.717) is 11.4 Å². The molecule has 0 saturated carbocycles. The van der Waals surface area contributed by atoms with Gasteiger partial charge in [-0.2, -0.15) is 5.26 Å². The fraction of sp³-hybridized carbons (Fsp3) is 0.222. The molecule has 0 unspecified atom stereocenters. The Morgan fingerprint density at radius 1 is 1.50 bits per heavy atom. The first-order chi connectivity index (χ1) is 5.75. The fourth-order valence-corrected chi connectivity index (χ4v) is 1.26. The van der Waals surface area contributed by atoms with Gasteiger partial charge < -0.3 is 5.73 Å². The van der Waals surface area contributed by atoms with Crippen molar-refractivity contribution in [2.45, 2.75) is 12.5 Å². The third-order valence-corrected chi connectivity index (χ3v) is 1.96. The molecule has 0 heterocycles. The van der Waals surface area contributed by atoms with Crippen LogP contribution in [0.25, 0.3) is 0 Å². The number of benzene rings is 1. The van der Waals surface area contributed by atoms with Gasteiger partial charge in [0.2, 0.25) is 0 Å². The summed E-state index contributed by atoms with van der Waals surface area (Å²) in [6, 6.07) is 9.04. The Bertz CT molecular complexity index is 304. The molecule has 3 heteroatoms. The number of halogens is 1. The average molecular weight is 181 g/mol. The molecule has 0 spiro atoms. The van der Waals surface area contributed by atoms with Crippen LogP contribution in [0.1, 0.15) is 18.0 Å². The number of nitrogens with two attached hydrogens (primary N) is 1. The zero-order valence-corrected chi connectivity index (χ0v) is 7.25. The lowest BCUT2D eigenvalue weighted by molar-refractivity contribution is 0.749. The largest absolute Gasteiger partial charge is 0.323 e. The van der Waals surface area contributed by atoms with Crippen LogP contribution in [0.15, 0.2) is 24.3 Å². The minimum atomic E-state index is -0.274. The van der Waals surface area contributed by atoms with E-state index < -0.39 is 0 Å². The number of rotatable bonds is 2. The molecule has 0 radical (unpaired) electrons. The van der Waals surface area contributed by atoms with Crippen LogP contribution in [0.3, 0.4) is 0 Å². The summed E-state index contributed by atoms with van der Waals surface area (Å²) < 4.78 is 0. The number of nitriles is 1. The van der Waals surface area contributed by atoms with Crippen LogP contribution in [0, 0.1) is 11.3 Å². The molecule has 1 aromatic rings. The monoisotopic (exact) mass is 180 g/mol. The lowest BCUT2D eigenvalue weighted by Gasteiger charge is -2.08. The first-order valence-electron chi connectivity index (χ1n) is 3.62. The second-order valence-corrected chi connectivity index (χ2v) is 2.90. The number of hydrogen-bond acceptors (Lipinski definition) is 2. The van der Waals surface area contributed by atoms with Crippen LogP contribution in [-0.4, -0.2) is 0 Å². The zero-order valence-electron chi connectivity index (χ0n) is 6.50. The third-order valence-electron chi connectivity index (χ3n) is 1.62. The van der Waals surface area contributed by atoms with E-state index in [1.807, 2.05) is 24.3 Å². The highest BCUT2D eigenvalue weighted by atomic mass is 35.5. The van der Waals surface area contributed by atoms with Gasteiger partial charge in [-0.25, -0.2) is 0 Å². The van der Waals surface area contributed by atoms with Crippen LogP contribution in [0.5, 0.6) is 0 Å². The lowest BCUT2D eigenvalue weighted by Crippen LogP contribution is -2.09. The topological polar surface area (TPSA) is 49.8 Å². The Labute approximate surface area is 76.6 Å². The number of hydrogen-bond donors (Lipinski definition) is 1. The summed E-state index contributed by atoms with van der Waals surface area (Å²) in [6.07, 6.45) is 0.295. The van der Waals surface area contributed by atoms with E-state index in [4.69, 9.17) is 22.6 Å². The first kappa shape index (κ1) is 9.05. The maximum atomic E-state index is 8.42. The van der Waals surface area contributed by atoms with E-state index in [0.717, 1.165) is 5.56 Å². The fourth-order valence-electron chi connectivity index (χ4n) is 0.984. The van der Waals surface area contributed by atoms with Crippen molar-refractivity contribution in [1.82, 2.24) is 0 Å². The highest BCUT2D eigenvalue weighted by Gasteiger charge is 2.07. The van der Waals surface area contributed by atoms with Gasteiger partial charge in [0.1, 0.15) is 0 Å². The van der Waals surface area contributed by atoms with Crippen LogP contribution >= 0.6 is 11.6 Å². The van der Waals surface area contributed by atoms with Gasteiger partial charge in [0.25, 0.3) is 0 Å². The second-order valence-electron chi connectivity index (χ2n) is 2.49. The standard InChI is InChI=1S/C9H9ClN2/c10-8-4-2-1-3-7(8)9(12)5-6-11/h1-4,9H,5,12H2/t9-/m0/s1. The molecular weight excluding hydrogens is 172 g/mol. The SMILES string of the molecule is N#CC[C@H](N)c1ccccc1Cl. The van der Waals surface area contributed by atoms with Gasteiger partial charge in [-0.05, 0) is 11.6 Å². The van der Waals surface area contributed by atoms with Gasteiger partial charge in [-0.1, -0.05) is 29.8 Å². The molecule has 0 aromatic heterocycles. The van der Waals surface area contributed by atoms with Crippen molar-refractivity contribution in [3.8, 4) is 6.07 Å². The summed E-state index contributed by atoms with van der Waals surface area (Å²) in [6.45, 7) is 0. The van der Waals surface area contributed by atoms with Crippen LogP contribution in [-0.2, 0) is 0 Å². The molecule has 12 heavy (non-hydrogen) atoms. The molecule has 1 atom stereocenters. The van der Waals surface area contributed by atoms with Gasteiger partial charge in [0.05, 0.1) is 12.5 Å². The molecule has 2 nitrogen and oxygen atoms in total. The summed E-state index contributed by atoms with van der Waals surface area (Å²) in [5.41, 5.74) is 6.53. The maximum Gasteiger partial charge on any atom is 0.0641 e. The predicted octanol–water partition coefficient (Wildman–Crippen LogP) is 2.25. The third kappa shape index (κ3) is 1.97. The lowest BCUT2D eigenvalue weighted by atomic mass is 10.1. The molecule has 0 saturated heterocycles. The minimum Gasteiger partial charge on any atom is -0.323 e. The van der Waals surface area contributed by atoms with Gasteiger partial charge in [-0.3, -0.25) is 0 Å². The van der Waals surface area contributed by atoms with Crippen molar-refractivity contribution in [3.05, 3.63) is 34.9 Å². The quantitative estimate of drug-likeness (QED) is 0.759.